The van der Waals surface area contributed by atoms with Crippen molar-refractivity contribution in [2.75, 3.05) is 11.9 Å². The zero-order valence-corrected chi connectivity index (χ0v) is 11.5. The molecular weight excluding hydrogens is 274 g/mol. The van der Waals surface area contributed by atoms with E-state index in [2.05, 4.69) is 15.8 Å². The molecule has 2 amide bonds. The van der Waals surface area contributed by atoms with Crippen molar-refractivity contribution in [3.63, 3.8) is 0 Å². The summed E-state index contributed by atoms with van der Waals surface area (Å²) in [5.41, 5.74) is 0.871. The normalized spacial score (nSPS) is 9.95. The minimum atomic E-state index is -0.662. The van der Waals surface area contributed by atoms with Gasteiger partial charge in [-0.3, -0.25) is 4.79 Å². The average Bonchev–Trinajstić information content (AvgIpc) is 2.89. The number of amides is 2. The molecule has 0 fully saturated rings. The highest BCUT2D eigenvalue weighted by atomic mass is 16.5. The largest absolute Gasteiger partial charge is 0.445 e. The number of hydrogen-bond acceptors (Lipinski definition) is 5. The van der Waals surface area contributed by atoms with E-state index in [0.717, 1.165) is 5.56 Å². The molecule has 21 heavy (non-hydrogen) atoms. The molecule has 0 spiro atoms. The van der Waals surface area contributed by atoms with Crippen LogP contribution in [0.5, 0.6) is 0 Å². The van der Waals surface area contributed by atoms with E-state index < -0.39 is 12.0 Å². The van der Waals surface area contributed by atoms with Crippen molar-refractivity contribution in [3.8, 4) is 0 Å². The summed E-state index contributed by atoms with van der Waals surface area (Å²) in [7, 11) is 0. The number of carbonyl (C=O) groups is 2. The molecular formula is C14H15N3O4. The minimum Gasteiger partial charge on any atom is -0.445 e. The van der Waals surface area contributed by atoms with Gasteiger partial charge >= 0.3 is 6.09 Å². The van der Waals surface area contributed by atoms with E-state index in [0.29, 0.717) is 11.6 Å². The van der Waals surface area contributed by atoms with Gasteiger partial charge in [-0.1, -0.05) is 35.5 Å². The zero-order valence-electron chi connectivity index (χ0n) is 11.5. The summed E-state index contributed by atoms with van der Waals surface area (Å²) in [6.07, 6.45) is -0.662. The number of ether oxygens (including phenoxy) is 1. The molecule has 7 nitrogen and oxygen atoms in total. The molecule has 0 unspecified atom stereocenters. The molecule has 0 aliphatic rings. The molecule has 0 aliphatic carbocycles. The second kappa shape index (κ2) is 7.09. The molecule has 1 aromatic heterocycles. The lowest BCUT2D eigenvalue weighted by Crippen LogP contribution is -2.33. The smallest absolute Gasteiger partial charge is 0.407 e. The number of aromatic nitrogens is 1. The first-order chi connectivity index (χ1) is 10.1. The quantitative estimate of drug-likeness (QED) is 0.876. The molecule has 1 heterocycles. The monoisotopic (exact) mass is 289 g/mol. The van der Waals surface area contributed by atoms with Gasteiger partial charge in [-0.25, -0.2) is 4.79 Å². The second-order valence-electron chi connectivity index (χ2n) is 4.29. The molecule has 0 aliphatic heterocycles. The summed E-state index contributed by atoms with van der Waals surface area (Å²) < 4.78 is 9.77. The van der Waals surface area contributed by atoms with E-state index in [4.69, 9.17) is 9.26 Å². The van der Waals surface area contributed by atoms with E-state index in [9.17, 15) is 9.59 Å². The van der Waals surface area contributed by atoms with Crippen molar-refractivity contribution >= 4 is 17.8 Å². The first kappa shape index (κ1) is 14.6. The number of nitrogens with one attached hydrogen (secondary N) is 2. The Balaban J connectivity index is 1.67. The van der Waals surface area contributed by atoms with Crippen LogP contribution in [0.25, 0.3) is 0 Å². The Kier molecular flexibility index (Phi) is 4.92. The predicted octanol–water partition coefficient (Wildman–Crippen LogP) is 1.85. The van der Waals surface area contributed by atoms with Crippen molar-refractivity contribution < 1.29 is 18.8 Å². The summed E-state index contributed by atoms with van der Waals surface area (Å²) in [5, 5.41) is 8.43. The maximum absolute atomic E-state index is 11.5. The van der Waals surface area contributed by atoms with Crippen molar-refractivity contribution in [2.45, 2.75) is 13.5 Å². The maximum Gasteiger partial charge on any atom is 0.407 e. The van der Waals surface area contributed by atoms with Crippen LogP contribution in [-0.2, 0) is 16.1 Å². The van der Waals surface area contributed by atoms with Crippen LogP contribution in [-0.4, -0.2) is 23.7 Å². The van der Waals surface area contributed by atoms with Gasteiger partial charge in [0.05, 0.1) is 0 Å². The second-order valence-corrected chi connectivity index (χ2v) is 4.29. The van der Waals surface area contributed by atoms with Gasteiger partial charge in [0.15, 0.2) is 5.82 Å². The molecule has 7 heteroatoms. The predicted molar refractivity (Wildman–Crippen MR) is 74.5 cm³/mol. The Morgan fingerprint density at radius 1 is 1.29 bits per heavy atom. The first-order valence-corrected chi connectivity index (χ1v) is 6.31. The molecule has 2 N–H and O–H groups in total. The molecule has 0 bridgehead atoms. The highest BCUT2D eigenvalue weighted by molar-refractivity contribution is 5.92. The molecule has 0 saturated carbocycles. The minimum absolute atomic E-state index is 0.150. The van der Waals surface area contributed by atoms with E-state index in [1.165, 1.54) is 0 Å². The summed E-state index contributed by atoms with van der Waals surface area (Å²) in [6, 6.07) is 10.8. The zero-order chi connectivity index (χ0) is 15.1. The van der Waals surface area contributed by atoms with Crippen LogP contribution in [0.4, 0.5) is 10.6 Å². The number of benzene rings is 1. The van der Waals surface area contributed by atoms with Gasteiger partial charge in [-0.05, 0) is 12.5 Å². The molecule has 110 valence electrons. The first-order valence-electron chi connectivity index (χ1n) is 6.31. The van der Waals surface area contributed by atoms with Gasteiger partial charge < -0.3 is 19.9 Å². The molecule has 1 aromatic carbocycles. The lowest BCUT2D eigenvalue weighted by atomic mass is 10.2. The third-order valence-corrected chi connectivity index (χ3v) is 2.50. The van der Waals surface area contributed by atoms with E-state index in [-0.39, 0.29) is 13.2 Å². The lowest BCUT2D eigenvalue weighted by molar-refractivity contribution is -0.115. The van der Waals surface area contributed by atoms with E-state index in [1.54, 1.807) is 13.0 Å². The van der Waals surface area contributed by atoms with Crippen LogP contribution in [0.3, 0.4) is 0 Å². The van der Waals surface area contributed by atoms with Crippen molar-refractivity contribution in [2.24, 2.45) is 0 Å². The molecule has 2 rings (SSSR count). The van der Waals surface area contributed by atoms with Crippen LogP contribution >= 0.6 is 0 Å². The van der Waals surface area contributed by atoms with Gasteiger partial charge in [-0.2, -0.15) is 0 Å². The van der Waals surface area contributed by atoms with Crippen LogP contribution < -0.4 is 10.6 Å². The van der Waals surface area contributed by atoms with Gasteiger partial charge in [-0.15, -0.1) is 0 Å². The fourth-order valence-electron chi connectivity index (χ4n) is 1.54. The number of hydrogen-bond donors (Lipinski definition) is 2. The summed E-state index contributed by atoms with van der Waals surface area (Å²) in [5.74, 6) is 0.470. The molecule has 0 saturated heterocycles. The Hall–Kier alpha value is -2.83. The standard InChI is InChI=1S/C14H15N3O4/c1-10-7-12(17-21-10)16-13(18)8-15-14(19)20-9-11-5-3-2-4-6-11/h2-7H,8-9H2,1H3,(H,15,19)(H,16,17,18). The molecule has 0 radical (unpaired) electrons. The number of nitrogens with zero attached hydrogens (tertiary/aromatic N) is 1. The highest BCUT2D eigenvalue weighted by Crippen LogP contribution is 2.06. The van der Waals surface area contributed by atoms with Gasteiger partial charge in [0.2, 0.25) is 5.91 Å². The molecule has 2 aromatic rings. The topological polar surface area (TPSA) is 93.5 Å². The van der Waals surface area contributed by atoms with Crippen molar-refractivity contribution in [3.05, 3.63) is 47.7 Å². The number of rotatable bonds is 5. The number of alkyl carbamates (subject to hydrolysis) is 1. The van der Waals surface area contributed by atoms with Gasteiger partial charge in [0, 0.05) is 6.07 Å². The number of aryl methyl sites for hydroxylation is 1. The number of anilines is 1. The Morgan fingerprint density at radius 3 is 2.71 bits per heavy atom. The Labute approximate surface area is 121 Å². The third-order valence-electron chi connectivity index (χ3n) is 2.50. The Bertz CT molecular complexity index is 610. The van der Waals surface area contributed by atoms with Gasteiger partial charge in [0.25, 0.3) is 0 Å². The summed E-state index contributed by atoms with van der Waals surface area (Å²) >= 11 is 0. The van der Waals surface area contributed by atoms with E-state index in [1.807, 2.05) is 30.3 Å². The lowest BCUT2D eigenvalue weighted by Gasteiger charge is -2.06. The van der Waals surface area contributed by atoms with Crippen LogP contribution in [0, 0.1) is 6.92 Å². The molecule has 0 atom stereocenters. The van der Waals surface area contributed by atoms with Crippen molar-refractivity contribution in [1.29, 1.82) is 0 Å². The van der Waals surface area contributed by atoms with Gasteiger partial charge in [0.1, 0.15) is 18.9 Å². The summed E-state index contributed by atoms with van der Waals surface area (Å²) in [4.78, 5) is 23.0. The average molecular weight is 289 g/mol. The van der Waals surface area contributed by atoms with Crippen LogP contribution in [0.2, 0.25) is 0 Å². The summed E-state index contributed by atoms with van der Waals surface area (Å²) in [6.45, 7) is 1.65. The van der Waals surface area contributed by atoms with Crippen LogP contribution in [0.1, 0.15) is 11.3 Å². The maximum atomic E-state index is 11.5. The number of carbonyl (C=O) groups excluding carboxylic acids is 2. The SMILES string of the molecule is Cc1cc(NC(=O)CNC(=O)OCc2ccccc2)no1. The highest BCUT2D eigenvalue weighted by Gasteiger charge is 2.08. The third kappa shape index (κ3) is 4.98. The van der Waals surface area contributed by atoms with E-state index >= 15 is 0 Å². The Morgan fingerprint density at radius 2 is 2.05 bits per heavy atom. The van der Waals surface area contributed by atoms with Crippen molar-refractivity contribution in [1.82, 2.24) is 10.5 Å². The fourth-order valence-corrected chi connectivity index (χ4v) is 1.54. The fraction of sp³-hybridized carbons (Fsp3) is 0.214. The van der Waals surface area contributed by atoms with Crippen LogP contribution in [0.15, 0.2) is 40.9 Å².